The molecule has 0 aliphatic carbocycles. The van der Waals surface area contributed by atoms with E-state index in [1.165, 1.54) is 7.05 Å². The van der Waals surface area contributed by atoms with E-state index in [0.29, 0.717) is 25.2 Å². The highest BCUT2D eigenvalue weighted by atomic mass is 32.2. The van der Waals surface area contributed by atoms with Crippen LogP contribution < -0.4 is 10.0 Å². The van der Waals surface area contributed by atoms with Crippen LogP contribution in [0.3, 0.4) is 0 Å². The van der Waals surface area contributed by atoms with Crippen LogP contribution in [0.1, 0.15) is 23.1 Å². The maximum absolute atomic E-state index is 12.5. The van der Waals surface area contributed by atoms with Crippen LogP contribution >= 0.6 is 0 Å². The lowest BCUT2D eigenvalue weighted by Crippen LogP contribution is -2.32. The molecule has 8 heteroatoms. The van der Waals surface area contributed by atoms with Crippen molar-refractivity contribution in [2.24, 2.45) is 5.92 Å². The summed E-state index contributed by atoms with van der Waals surface area (Å²) in [5, 5.41) is 2.88. The van der Waals surface area contributed by atoms with Crippen molar-refractivity contribution in [2.75, 3.05) is 13.6 Å². The number of likely N-dealkylation sites (tertiary alicyclic amines) is 1. The van der Waals surface area contributed by atoms with E-state index in [4.69, 9.17) is 0 Å². The number of hydrogen-bond acceptors (Lipinski definition) is 4. The molecule has 7 nitrogen and oxygen atoms in total. The lowest BCUT2D eigenvalue weighted by atomic mass is 10.1. The molecule has 0 saturated carbocycles. The molecule has 1 saturated heterocycles. The van der Waals surface area contributed by atoms with E-state index in [1.54, 1.807) is 29.2 Å². The number of carbonyl (C=O) groups is 2. The lowest BCUT2D eigenvalue weighted by molar-refractivity contribution is -0.129. The minimum atomic E-state index is -3.31. The molecule has 0 radical (unpaired) electrons. The Bertz CT molecular complexity index is 959. The summed E-state index contributed by atoms with van der Waals surface area (Å²) in [7, 11) is -1.93. The van der Waals surface area contributed by atoms with Gasteiger partial charge in [0.05, 0.1) is 11.7 Å². The average Bonchev–Trinajstić information content (AvgIpc) is 3.08. The van der Waals surface area contributed by atoms with Gasteiger partial charge in [-0.25, -0.2) is 13.1 Å². The molecular formula is C21H25N3O4S. The minimum absolute atomic E-state index is 0.0101. The zero-order valence-electron chi connectivity index (χ0n) is 16.3. The summed E-state index contributed by atoms with van der Waals surface area (Å²) in [6, 6.07) is 16.8. The first kappa shape index (κ1) is 21.0. The van der Waals surface area contributed by atoms with Gasteiger partial charge in [0.15, 0.2) is 0 Å². The molecule has 2 amide bonds. The molecule has 1 aliphatic rings. The molecule has 2 N–H and O–H groups in total. The average molecular weight is 416 g/mol. The number of amides is 2. The molecule has 29 heavy (non-hydrogen) atoms. The van der Waals surface area contributed by atoms with Crippen LogP contribution in [-0.4, -0.2) is 38.7 Å². The van der Waals surface area contributed by atoms with Crippen LogP contribution in [0.2, 0.25) is 0 Å². The molecule has 154 valence electrons. The number of carbonyl (C=O) groups excluding carboxylic acids is 2. The van der Waals surface area contributed by atoms with Gasteiger partial charge in [0.1, 0.15) is 0 Å². The molecule has 0 aromatic heterocycles. The maximum Gasteiger partial charge on any atom is 0.225 e. The largest absolute Gasteiger partial charge is 0.352 e. The summed E-state index contributed by atoms with van der Waals surface area (Å²) in [5.74, 6) is -0.594. The zero-order chi connectivity index (χ0) is 20.9. The second-order valence-corrected chi connectivity index (χ2v) is 9.08. The Kier molecular flexibility index (Phi) is 6.66. The SMILES string of the molecule is CNS(=O)(=O)Cc1ccc(CNC(=O)[C@H]2CC(=O)N(Cc3ccccc3)C2)cc1. The topological polar surface area (TPSA) is 95.6 Å². The molecule has 1 atom stereocenters. The number of nitrogens with one attached hydrogen (secondary N) is 2. The zero-order valence-corrected chi connectivity index (χ0v) is 17.1. The third-order valence-corrected chi connectivity index (χ3v) is 6.29. The molecule has 0 spiro atoms. The lowest BCUT2D eigenvalue weighted by Gasteiger charge is -2.16. The number of sulfonamides is 1. The minimum Gasteiger partial charge on any atom is -0.352 e. The van der Waals surface area contributed by atoms with Crippen molar-refractivity contribution in [3.8, 4) is 0 Å². The van der Waals surface area contributed by atoms with Crippen LogP contribution in [-0.2, 0) is 38.5 Å². The van der Waals surface area contributed by atoms with Crippen molar-refractivity contribution in [3.63, 3.8) is 0 Å². The van der Waals surface area contributed by atoms with Gasteiger partial charge in [-0.15, -0.1) is 0 Å². The van der Waals surface area contributed by atoms with Crippen molar-refractivity contribution < 1.29 is 18.0 Å². The van der Waals surface area contributed by atoms with Crippen LogP contribution in [0.4, 0.5) is 0 Å². The molecule has 0 unspecified atom stereocenters. The Hall–Kier alpha value is -2.71. The quantitative estimate of drug-likeness (QED) is 0.681. The highest BCUT2D eigenvalue weighted by Gasteiger charge is 2.34. The summed E-state index contributed by atoms with van der Waals surface area (Å²) < 4.78 is 25.5. The highest BCUT2D eigenvalue weighted by molar-refractivity contribution is 7.88. The van der Waals surface area contributed by atoms with E-state index in [1.807, 2.05) is 30.3 Å². The van der Waals surface area contributed by atoms with E-state index in [0.717, 1.165) is 11.1 Å². The van der Waals surface area contributed by atoms with Crippen molar-refractivity contribution in [1.29, 1.82) is 0 Å². The second kappa shape index (κ2) is 9.19. The highest BCUT2D eigenvalue weighted by Crippen LogP contribution is 2.20. The van der Waals surface area contributed by atoms with Gasteiger partial charge >= 0.3 is 0 Å². The second-order valence-electron chi connectivity index (χ2n) is 7.16. The van der Waals surface area contributed by atoms with Gasteiger partial charge in [0, 0.05) is 26.1 Å². The molecule has 1 aliphatic heterocycles. The Morgan fingerprint density at radius 2 is 1.69 bits per heavy atom. The predicted octanol–water partition coefficient (Wildman–Crippen LogP) is 1.40. The van der Waals surface area contributed by atoms with Crippen molar-refractivity contribution in [3.05, 3.63) is 71.3 Å². The Balaban J connectivity index is 1.50. The number of rotatable bonds is 8. The first-order valence-electron chi connectivity index (χ1n) is 9.45. The molecule has 3 rings (SSSR count). The summed E-state index contributed by atoms with van der Waals surface area (Å²) in [4.78, 5) is 26.4. The molecule has 0 bridgehead atoms. The van der Waals surface area contributed by atoms with Crippen LogP contribution in [0.5, 0.6) is 0 Å². The Morgan fingerprint density at radius 3 is 2.34 bits per heavy atom. The third kappa shape index (κ3) is 5.88. The molecule has 2 aromatic carbocycles. The van der Waals surface area contributed by atoms with Crippen molar-refractivity contribution in [2.45, 2.75) is 25.3 Å². The van der Waals surface area contributed by atoms with Gasteiger partial charge in [-0.2, -0.15) is 0 Å². The monoisotopic (exact) mass is 415 g/mol. The van der Waals surface area contributed by atoms with E-state index < -0.39 is 10.0 Å². The number of benzene rings is 2. The van der Waals surface area contributed by atoms with E-state index in [9.17, 15) is 18.0 Å². The van der Waals surface area contributed by atoms with E-state index >= 15 is 0 Å². The third-order valence-electron chi connectivity index (χ3n) is 4.96. The Morgan fingerprint density at radius 1 is 1.03 bits per heavy atom. The summed E-state index contributed by atoms with van der Waals surface area (Å²) in [5.41, 5.74) is 2.59. The summed E-state index contributed by atoms with van der Waals surface area (Å²) >= 11 is 0. The first-order chi connectivity index (χ1) is 13.9. The molecular weight excluding hydrogens is 390 g/mol. The fourth-order valence-electron chi connectivity index (χ4n) is 3.28. The van der Waals surface area contributed by atoms with Gasteiger partial charge in [0.25, 0.3) is 0 Å². The molecule has 1 heterocycles. The van der Waals surface area contributed by atoms with Crippen molar-refractivity contribution >= 4 is 21.8 Å². The molecule has 2 aromatic rings. The fraction of sp³-hybridized carbons (Fsp3) is 0.333. The summed E-state index contributed by atoms with van der Waals surface area (Å²) in [6.07, 6.45) is 0.222. The maximum atomic E-state index is 12.5. The normalized spacial score (nSPS) is 16.8. The van der Waals surface area contributed by atoms with E-state index in [-0.39, 0.29) is 29.9 Å². The predicted molar refractivity (Wildman–Crippen MR) is 110 cm³/mol. The van der Waals surface area contributed by atoms with Crippen LogP contribution in [0, 0.1) is 5.92 Å². The number of nitrogens with zero attached hydrogens (tertiary/aromatic N) is 1. The number of hydrogen-bond donors (Lipinski definition) is 2. The standard InChI is InChI=1S/C21H25N3O4S/c1-22-29(27,28)15-18-9-7-16(8-10-18)12-23-21(26)19-11-20(25)24(14-19)13-17-5-3-2-4-6-17/h2-10,19,22H,11-15H2,1H3,(H,23,26)/t19-/m0/s1. The smallest absolute Gasteiger partial charge is 0.225 e. The fourth-order valence-corrected chi connectivity index (χ4v) is 4.06. The van der Waals surface area contributed by atoms with Crippen LogP contribution in [0.25, 0.3) is 0 Å². The van der Waals surface area contributed by atoms with Gasteiger partial charge < -0.3 is 10.2 Å². The van der Waals surface area contributed by atoms with Gasteiger partial charge in [-0.3, -0.25) is 9.59 Å². The Labute approximate surface area is 171 Å². The van der Waals surface area contributed by atoms with Crippen molar-refractivity contribution in [1.82, 2.24) is 14.9 Å². The van der Waals surface area contributed by atoms with Gasteiger partial charge in [-0.1, -0.05) is 54.6 Å². The molecule has 1 fully saturated rings. The van der Waals surface area contributed by atoms with Gasteiger partial charge in [0.2, 0.25) is 21.8 Å². The van der Waals surface area contributed by atoms with Crippen LogP contribution in [0.15, 0.2) is 54.6 Å². The van der Waals surface area contributed by atoms with E-state index in [2.05, 4.69) is 10.0 Å². The summed E-state index contributed by atoms with van der Waals surface area (Å²) in [6.45, 7) is 1.27. The first-order valence-corrected chi connectivity index (χ1v) is 11.1. The van der Waals surface area contributed by atoms with Gasteiger partial charge in [-0.05, 0) is 23.7 Å².